The molecule has 0 aliphatic carbocycles. The molecule has 0 bridgehead atoms. The summed E-state index contributed by atoms with van der Waals surface area (Å²) in [6, 6.07) is 0. The van der Waals surface area contributed by atoms with E-state index >= 15 is 0 Å². The summed E-state index contributed by atoms with van der Waals surface area (Å²) in [6.45, 7) is 1.80. The molecule has 88 valence electrons. The molecule has 0 aromatic carbocycles. The summed E-state index contributed by atoms with van der Waals surface area (Å²) in [5, 5.41) is 4.00. The van der Waals surface area contributed by atoms with Crippen molar-refractivity contribution >= 4 is 9.84 Å². The van der Waals surface area contributed by atoms with Crippen LogP contribution in [0.5, 0.6) is 0 Å². The van der Waals surface area contributed by atoms with Gasteiger partial charge >= 0.3 is 0 Å². The lowest BCUT2D eigenvalue weighted by Gasteiger charge is -2.33. The molecule has 1 heterocycles. The highest BCUT2D eigenvalue weighted by molar-refractivity contribution is 7.94. The van der Waals surface area contributed by atoms with Crippen LogP contribution in [0.3, 0.4) is 0 Å². The Bertz CT molecular complexity index is 310. The summed E-state index contributed by atoms with van der Waals surface area (Å²) < 4.78 is 35.0. The average Bonchev–Trinajstić information content (AvgIpc) is 2.12. The number of nitrogens with zero attached hydrogens (tertiary/aromatic N) is 1. The lowest BCUT2D eigenvalue weighted by molar-refractivity contribution is 0.0772. The SMILES string of the molecule is CNCCS(=O)(=O)/C=C/CN1CC(F)C1. The molecule has 1 aliphatic rings. The van der Waals surface area contributed by atoms with Crippen molar-refractivity contribution in [2.24, 2.45) is 0 Å². The van der Waals surface area contributed by atoms with Gasteiger partial charge in [-0.25, -0.2) is 12.8 Å². The Hall–Kier alpha value is -0.460. The van der Waals surface area contributed by atoms with Crippen LogP contribution in [0.15, 0.2) is 11.5 Å². The Kier molecular flexibility index (Phi) is 4.69. The molecule has 1 fully saturated rings. The first kappa shape index (κ1) is 12.6. The van der Waals surface area contributed by atoms with Gasteiger partial charge in [0.25, 0.3) is 0 Å². The third kappa shape index (κ3) is 4.72. The summed E-state index contributed by atoms with van der Waals surface area (Å²) in [4.78, 5) is 1.86. The quantitative estimate of drug-likeness (QED) is 0.693. The van der Waals surface area contributed by atoms with Crippen LogP contribution in [0.1, 0.15) is 0 Å². The topological polar surface area (TPSA) is 49.4 Å². The van der Waals surface area contributed by atoms with Crippen LogP contribution in [0.2, 0.25) is 0 Å². The predicted molar refractivity (Wildman–Crippen MR) is 58.2 cm³/mol. The van der Waals surface area contributed by atoms with E-state index in [9.17, 15) is 12.8 Å². The van der Waals surface area contributed by atoms with Crippen molar-refractivity contribution < 1.29 is 12.8 Å². The first-order chi connectivity index (χ1) is 7.03. The van der Waals surface area contributed by atoms with Crippen LogP contribution in [-0.2, 0) is 9.84 Å². The van der Waals surface area contributed by atoms with E-state index in [0.29, 0.717) is 26.2 Å². The van der Waals surface area contributed by atoms with Gasteiger partial charge in [0, 0.05) is 31.6 Å². The van der Waals surface area contributed by atoms with Gasteiger partial charge in [0.2, 0.25) is 0 Å². The van der Waals surface area contributed by atoms with E-state index in [1.165, 1.54) is 5.41 Å². The maximum atomic E-state index is 12.4. The Morgan fingerprint density at radius 3 is 2.73 bits per heavy atom. The van der Waals surface area contributed by atoms with Gasteiger partial charge in [-0.05, 0) is 7.05 Å². The van der Waals surface area contributed by atoms with E-state index in [1.807, 2.05) is 4.90 Å². The summed E-state index contributed by atoms with van der Waals surface area (Å²) in [5.74, 6) is 0.103. The highest BCUT2D eigenvalue weighted by Crippen LogP contribution is 2.10. The van der Waals surface area contributed by atoms with Crippen molar-refractivity contribution in [2.75, 3.05) is 39.0 Å². The molecule has 15 heavy (non-hydrogen) atoms. The molecule has 0 saturated carbocycles. The van der Waals surface area contributed by atoms with Gasteiger partial charge < -0.3 is 5.32 Å². The molecule has 1 N–H and O–H groups in total. The van der Waals surface area contributed by atoms with Crippen molar-refractivity contribution in [3.05, 3.63) is 11.5 Å². The fourth-order valence-electron chi connectivity index (χ4n) is 1.31. The number of hydrogen-bond donors (Lipinski definition) is 1. The first-order valence-corrected chi connectivity index (χ1v) is 6.65. The van der Waals surface area contributed by atoms with Crippen LogP contribution < -0.4 is 5.32 Å². The third-order valence-electron chi connectivity index (χ3n) is 2.22. The Morgan fingerprint density at radius 1 is 1.53 bits per heavy atom. The van der Waals surface area contributed by atoms with E-state index in [4.69, 9.17) is 0 Å². The van der Waals surface area contributed by atoms with Crippen LogP contribution in [-0.4, -0.2) is 58.5 Å². The highest BCUT2D eigenvalue weighted by atomic mass is 32.2. The number of halogens is 1. The zero-order valence-electron chi connectivity index (χ0n) is 8.82. The number of nitrogens with one attached hydrogen (secondary N) is 1. The van der Waals surface area contributed by atoms with Gasteiger partial charge in [-0.1, -0.05) is 6.08 Å². The maximum Gasteiger partial charge on any atom is 0.172 e. The minimum atomic E-state index is -3.10. The third-order valence-corrected chi connectivity index (χ3v) is 3.60. The summed E-state index contributed by atoms with van der Waals surface area (Å²) in [6.07, 6.45) is 0.843. The van der Waals surface area contributed by atoms with Crippen LogP contribution >= 0.6 is 0 Å². The normalized spacial score (nSPS) is 19.6. The van der Waals surface area contributed by atoms with Crippen LogP contribution in [0.4, 0.5) is 4.39 Å². The largest absolute Gasteiger partial charge is 0.319 e. The molecule has 0 spiro atoms. The van der Waals surface area contributed by atoms with Crippen molar-refractivity contribution in [1.29, 1.82) is 0 Å². The lowest BCUT2D eigenvalue weighted by atomic mass is 10.2. The molecule has 1 saturated heterocycles. The Balaban J connectivity index is 2.24. The van der Waals surface area contributed by atoms with Gasteiger partial charge in [-0.2, -0.15) is 0 Å². The minimum Gasteiger partial charge on any atom is -0.319 e. The summed E-state index contributed by atoms with van der Waals surface area (Å²) >= 11 is 0. The Labute approximate surface area is 90.1 Å². The maximum absolute atomic E-state index is 12.4. The molecular weight excluding hydrogens is 219 g/mol. The van der Waals surface area contributed by atoms with E-state index in [1.54, 1.807) is 13.1 Å². The highest BCUT2D eigenvalue weighted by Gasteiger charge is 2.24. The lowest BCUT2D eigenvalue weighted by Crippen LogP contribution is -2.48. The van der Waals surface area contributed by atoms with Crippen molar-refractivity contribution in [3.8, 4) is 0 Å². The van der Waals surface area contributed by atoms with Crippen molar-refractivity contribution in [2.45, 2.75) is 6.17 Å². The van der Waals surface area contributed by atoms with Crippen LogP contribution in [0.25, 0.3) is 0 Å². The summed E-state index contributed by atoms with van der Waals surface area (Å²) in [7, 11) is -1.39. The number of alkyl halides is 1. The second-order valence-corrected chi connectivity index (χ2v) is 5.66. The molecule has 0 radical (unpaired) electrons. The minimum absolute atomic E-state index is 0.103. The van der Waals surface area contributed by atoms with E-state index in [-0.39, 0.29) is 5.75 Å². The van der Waals surface area contributed by atoms with Crippen molar-refractivity contribution in [1.82, 2.24) is 10.2 Å². The zero-order valence-corrected chi connectivity index (χ0v) is 9.63. The molecule has 0 aromatic rings. The van der Waals surface area contributed by atoms with E-state index < -0.39 is 16.0 Å². The molecule has 1 rings (SSSR count). The molecule has 6 heteroatoms. The van der Waals surface area contributed by atoms with Gasteiger partial charge in [0.1, 0.15) is 6.17 Å². The second kappa shape index (κ2) is 5.58. The van der Waals surface area contributed by atoms with Gasteiger partial charge in [0.15, 0.2) is 9.84 Å². The summed E-state index contributed by atoms with van der Waals surface area (Å²) in [5.41, 5.74) is 0. The molecule has 0 aromatic heterocycles. The molecule has 0 unspecified atom stereocenters. The smallest absolute Gasteiger partial charge is 0.172 e. The number of hydrogen-bond acceptors (Lipinski definition) is 4. The fourth-order valence-corrected chi connectivity index (χ4v) is 2.31. The standard InChI is InChI=1S/C9H17FN2O2S/c1-11-3-6-15(13,14)5-2-4-12-7-9(10)8-12/h2,5,9,11H,3-4,6-8H2,1H3/b5-2+. The first-order valence-electron chi connectivity index (χ1n) is 4.94. The van der Waals surface area contributed by atoms with Gasteiger partial charge in [0.05, 0.1) is 5.75 Å². The number of sulfone groups is 1. The number of likely N-dealkylation sites (tertiary alicyclic amines) is 1. The predicted octanol–water partition coefficient (Wildman–Crippen LogP) is -0.212. The van der Waals surface area contributed by atoms with Crippen LogP contribution in [0, 0.1) is 0 Å². The molecular formula is C9H17FN2O2S. The fraction of sp³-hybridized carbons (Fsp3) is 0.778. The zero-order chi connectivity index (χ0) is 11.3. The van der Waals surface area contributed by atoms with Gasteiger partial charge in [-0.3, -0.25) is 4.90 Å². The van der Waals surface area contributed by atoms with E-state index in [0.717, 1.165) is 0 Å². The second-order valence-electron chi connectivity index (χ2n) is 3.66. The average molecular weight is 236 g/mol. The molecule has 1 aliphatic heterocycles. The van der Waals surface area contributed by atoms with Gasteiger partial charge in [-0.15, -0.1) is 0 Å². The number of rotatable bonds is 6. The molecule has 0 atom stereocenters. The Morgan fingerprint density at radius 2 is 2.20 bits per heavy atom. The van der Waals surface area contributed by atoms with Crippen molar-refractivity contribution in [3.63, 3.8) is 0 Å². The monoisotopic (exact) mass is 236 g/mol. The molecule has 4 nitrogen and oxygen atoms in total. The molecule has 0 amide bonds. The van der Waals surface area contributed by atoms with E-state index in [2.05, 4.69) is 5.32 Å².